The second-order valence-corrected chi connectivity index (χ2v) is 4.98. The second-order valence-electron chi connectivity index (χ2n) is 4.98. The highest BCUT2D eigenvalue weighted by Crippen LogP contribution is 2.19. The minimum atomic E-state index is -0.163. The van der Waals surface area contributed by atoms with Crippen molar-refractivity contribution in [3.63, 3.8) is 0 Å². The molecule has 4 heteroatoms. The number of aryl methyl sites for hydroxylation is 1. The van der Waals surface area contributed by atoms with Gasteiger partial charge in [0.25, 0.3) is 0 Å². The van der Waals surface area contributed by atoms with E-state index in [0.29, 0.717) is 12.1 Å². The lowest BCUT2D eigenvalue weighted by atomic mass is 10.1. The van der Waals surface area contributed by atoms with Gasteiger partial charge < -0.3 is 10.3 Å². The van der Waals surface area contributed by atoms with Gasteiger partial charge in [-0.25, -0.2) is 9.37 Å². The molecule has 2 aromatic carbocycles. The molecule has 0 saturated heterocycles. The molecule has 0 saturated carbocycles. The maximum atomic E-state index is 13.5. The number of halogens is 1. The van der Waals surface area contributed by atoms with E-state index in [9.17, 15) is 4.39 Å². The van der Waals surface area contributed by atoms with E-state index < -0.39 is 0 Å². The molecule has 1 heterocycles. The smallest absolute Gasteiger partial charge is 0.126 e. The van der Waals surface area contributed by atoms with Crippen molar-refractivity contribution >= 4 is 5.69 Å². The number of nitrogens with zero attached hydrogens (tertiary/aromatic N) is 1. The molecule has 0 spiro atoms. The Morgan fingerprint density at radius 2 is 1.95 bits per heavy atom. The molecule has 0 fully saturated rings. The van der Waals surface area contributed by atoms with Gasteiger partial charge in [0.05, 0.1) is 18.2 Å². The van der Waals surface area contributed by atoms with Crippen LogP contribution in [0.2, 0.25) is 0 Å². The number of rotatable bonds is 4. The summed E-state index contributed by atoms with van der Waals surface area (Å²) in [6, 6.07) is 13.3. The predicted octanol–water partition coefficient (Wildman–Crippen LogP) is 4.14. The van der Waals surface area contributed by atoms with Crippen LogP contribution >= 0.6 is 0 Å². The minimum Gasteiger partial charge on any atom is -0.381 e. The van der Waals surface area contributed by atoms with Gasteiger partial charge in [-0.2, -0.15) is 0 Å². The number of hydrogen-bond acceptors (Lipinski definition) is 2. The Bertz CT molecular complexity index is 718. The first kappa shape index (κ1) is 13.4. The van der Waals surface area contributed by atoms with E-state index in [1.165, 1.54) is 0 Å². The summed E-state index contributed by atoms with van der Waals surface area (Å²) < 4.78 is 13.5. The molecular formula is C17H16FN3. The molecule has 3 nitrogen and oxygen atoms in total. The lowest BCUT2D eigenvalue weighted by molar-refractivity contribution is 0.616. The van der Waals surface area contributed by atoms with Crippen molar-refractivity contribution in [2.24, 2.45) is 0 Å². The molecule has 0 aliphatic rings. The van der Waals surface area contributed by atoms with Crippen LogP contribution in [-0.4, -0.2) is 9.97 Å². The third-order valence-corrected chi connectivity index (χ3v) is 3.43. The van der Waals surface area contributed by atoms with Crippen molar-refractivity contribution in [1.82, 2.24) is 9.97 Å². The van der Waals surface area contributed by atoms with Gasteiger partial charge >= 0.3 is 0 Å². The Balaban J connectivity index is 1.66. The zero-order chi connectivity index (χ0) is 14.7. The lowest BCUT2D eigenvalue weighted by Gasteiger charge is -2.08. The molecule has 3 rings (SSSR count). The molecule has 0 aliphatic carbocycles. The van der Waals surface area contributed by atoms with Gasteiger partial charge in [0.2, 0.25) is 0 Å². The monoisotopic (exact) mass is 281 g/mol. The van der Waals surface area contributed by atoms with Crippen LogP contribution in [0.1, 0.15) is 11.1 Å². The fraction of sp³-hybridized carbons (Fsp3) is 0.118. The number of aromatic nitrogens is 2. The van der Waals surface area contributed by atoms with Gasteiger partial charge in [-0.05, 0) is 41.8 Å². The maximum absolute atomic E-state index is 13.5. The lowest BCUT2D eigenvalue weighted by Crippen LogP contribution is -2.00. The molecule has 0 bridgehead atoms. The fourth-order valence-electron chi connectivity index (χ4n) is 2.13. The highest BCUT2D eigenvalue weighted by molar-refractivity contribution is 5.61. The molecular weight excluding hydrogens is 265 g/mol. The molecule has 0 atom stereocenters. The van der Waals surface area contributed by atoms with Gasteiger partial charge in [-0.15, -0.1) is 0 Å². The minimum absolute atomic E-state index is 0.163. The highest BCUT2D eigenvalue weighted by Gasteiger charge is 2.01. The Morgan fingerprint density at radius 3 is 2.62 bits per heavy atom. The average molecular weight is 281 g/mol. The van der Waals surface area contributed by atoms with Crippen molar-refractivity contribution < 1.29 is 4.39 Å². The number of benzene rings is 2. The molecule has 0 radical (unpaired) electrons. The van der Waals surface area contributed by atoms with Crippen LogP contribution in [0.3, 0.4) is 0 Å². The Hall–Kier alpha value is -2.62. The van der Waals surface area contributed by atoms with Crippen LogP contribution in [0, 0.1) is 12.7 Å². The number of aromatic amines is 1. The standard InChI is InChI=1S/C17H16FN3/c1-12-2-3-13(8-16(12)18)9-20-15-6-4-14(5-7-15)17-10-19-11-21-17/h2-8,10-11,20H,9H2,1H3,(H,19,21). The summed E-state index contributed by atoms with van der Waals surface area (Å²) in [4.78, 5) is 7.07. The van der Waals surface area contributed by atoms with Crippen LogP contribution < -0.4 is 5.32 Å². The first-order chi connectivity index (χ1) is 10.2. The van der Waals surface area contributed by atoms with E-state index in [1.807, 2.05) is 30.3 Å². The molecule has 2 N–H and O–H groups in total. The molecule has 0 aliphatic heterocycles. The third-order valence-electron chi connectivity index (χ3n) is 3.43. The zero-order valence-corrected chi connectivity index (χ0v) is 11.7. The van der Waals surface area contributed by atoms with Crippen LogP contribution in [0.15, 0.2) is 55.0 Å². The van der Waals surface area contributed by atoms with Crippen LogP contribution in [0.4, 0.5) is 10.1 Å². The maximum Gasteiger partial charge on any atom is 0.126 e. The molecule has 3 aromatic rings. The van der Waals surface area contributed by atoms with Gasteiger partial charge in [0, 0.05) is 12.2 Å². The van der Waals surface area contributed by atoms with Crippen molar-refractivity contribution in [1.29, 1.82) is 0 Å². The van der Waals surface area contributed by atoms with Crippen LogP contribution in [0.5, 0.6) is 0 Å². The molecule has 21 heavy (non-hydrogen) atoms. The van der Waals surface area contributed by atoms with Crippen molar-refractivity contribution in [2.45, 2.75) is 13.5 Å². The van der Waals surface area contributed by atoms with Crippen LogP contribution in [-0.2, 0) is 6.54 Å². The number of H-pyrrole nitrogens is 1. The predicted molar refractivity (Wildman–Crippen MR) is 82.5 cm³/mol. The van der Waals surface area contributed by atoms with Gasteiger partial charge in [-0.1, -0.05) is 24.3 Å². The summed E-state index contributed by atoms with van der Waals surface area (Å²) in [5, 5.41) is 3.29. The van der Waals surface area contributed by atoms with E-state index in [4.69, 9.17) is 0 Å². The third kappa shape index (κ3) is 3.11. The second kappa shape index (κ2) is 5.79. The van der Waals surface area contributed by atoms with Gasteiger partial charge in [-0.3, -0.25) is 0 Å². The summed E-state index contributed by atoms with van der Waals surface area (Å²) >= 11 is 0. The summed E-state index contributed by atoms with van der Waals surface area (Å²) in [6.07, 6.45) is 3.45. The van der Waals surface area contributed by atoms with Crippen molar-refractivity contribution in [2.75, 3.05) is 5.32 Å². The van der Waals surface area contributed by atoms with Crippen LogP contribution in [0.25, 0.3) is 11.3 Å². The Kier molecular flexibility index (Phi) is 3.69. The zero-order valence-electron chi connectivity index (χ0n) is 11.7. The number of imidazole rings is 1. The van der Waals surface area contributed by atoms with E-state index in [1.54, 1.807) is 31.6 Å². The van der Waals surface area contributed by atoms with Crippen molar-refractivity contribution in [3.8, 4) is 11.3 Å². The number of anilines is 1. The quantitative estimate of drug-likeness (QED) is 0.754. The van der Waals surface area contributed by atoms with E-state index >= 15 is 0 Å². The molecule has 106 valence electrons. The van der Waals surface area contributed by atoms with Crippen molar-refractivity contribution in [3.05, 3.63) is 71.9 Å². The summed E-state index contributed by atoms with van der Waals surface area (Å²) in [7, 11) is 0. The summed E-state index contributed by atoms with van der Waals surface area (Å²) in [5.74, 6) is -0.163. The summed E-state index contributed by atoms with van der Waals surface area (Å²) in [6.45, 7) is 2.36. The van der Waals surface area contributed by atoms with E-state index in [-0.39, 0.29) is 5.82 Å². The van der Waals surface area contributed by atoms with Gasteiger partial charge in [0.1, 0.15) is 5.82 Å². The number of hydrogen-bond donors (Lipinski definition) is 2. The molecule has 1 aromatic heterocycles. The largest absolute Gasteiger partial charge is 0.381 e. The molecule has 0 unspecified atom stereocenters. The van der Waals surface area contributed by atoms with Gasteiger partial charge in [0.15, 0.2) is 0 Å². The Morgan fingerprint density at radius 1 is 1.14 bits per heavy atom. The normalized spacial score (nSPS) is 10.6. The average Bonchev–Trinajstić information content (AvgIpc) is 3.03. The SMILES string of the molecule is Cc1ccc(CNc2ccc(-c3cnc[nH]3)cc2)cc1F. The first-order valence-corrected chi connectivity index (χ1v) is 6.80. The fourth-order valence-corrected chi connectivity index (χ4v) is 2.13. The molecule has 0 amide bonds. The first-order valence-electron chi connectivity index (χ1n) is 6.80. The van der Waals surface area contributed by atoms with E-state index in [2.05, 4.69) is 15.3 Å². The summed E-state index contributed by atoms with van der Waals surface area (Å²) in [5.41, 5.74) is 4.67. The highest BCUT2D eigenvalue weighted by atomic mass is 19.1. The van der Waals surface area contributed by atoms with E-state index in [0.717, 1.165) is 22.5 Å². The Labute approximate surface area is 122 Å². The topological polar surface area (TPSA) is 40.7 Å². The number of nitrogens with one attached hydrogen (secondary N) is 2.